The predicted molar refractivity (Wildman–Crippen MR) is 46.4 cm³/mol. The summed E-state index contributed by atoms with van der Waals surface area (Å²) in [6.07, 6.45) is 2.42. The summed E-state index contributed by atoms with van der Waals surface area (Å²) in [5, 5.41) is 12.2. The minimum Gasteiger partial charge on any atom is -0.395 e. The van der Waals surface area contributed by atoms with Crippen LogP contribution in [0.5, 0.6) is 0 Å². The molecule has 2 N–H and O–H groups in total. The van der Waals surface area contributed by atoms with E-state index in [1.807, 2.05) is 0 Å². The molecular formula is C9H19NO. The van der Waals surface area contributed by atoms with Gasteiger partial charge in [-0.05, 0) is 31.2 Å². The average Bonchev–Trinajstić information content (AvgIpc) is 2.05. The molecule has 1 saturated heterocycles. The first-order valence-corrected chi connectivity index (χ1v) is 4.58. The minimum absolute atomic E-state index is 0.295. The quantitative estimate of drug-likeness (QED) is 0.627. The lowest BCUT2D eigenvalue weighted by atomic mass is 9.84. The fourth-order valence-electron chi connectivity index (χ4n) is 1.78. The van der Waals surface area contributed by atoms with E-state index in [1.165, 1.54) is 6.42 Å². The molecule has 0 aromatic heterocycles. The van der Waals surface area contributed by atoms with Crippen molar-refractivity contribution in [1.29, 1.82) is 0 Å². The van der Waals surface area contributed by atoms with Crippen LogP contribution in [0.15, 0.2) is 0 Å². The zero-order valence-electron chi connectivity index (χ0n) is 7.51. The van der Waals surface area contributed by atoms with Gasteiger partial charge in [-0.2, -0.15) is 0 Å². The molecule has 0 unspecified atom stereocenters. The van der Waals surface area contributed by atoms with E-state index in [2.05, 4.69) is 19.2 Å². The SMILES string of the molecule is CC(C)[C@H]1CCN[C@H](CO)C1. The van der Waals surface area contributed by atoms with Gasteiger partial charge in [0.1, 0.15) is 0 Å². The van der Waals surface area contributed by atoms with Gasteiger partial charge >= 0.3 is 0 Å². The van der Waals surface area contributed by atoms with Crippen molar-refractivity contribution in [3.63, 3.8) is 0 Å². The van der Waals surface area contributed by atoms with Gasteiger partial charge in [-0.3, -0.25) is 0 Å². The Morgan fingerprint density at radius 2 is 2.27 bits per heavy atom. The van der Waals surface area contributed by atoms with Gasteiger partial charge in [0, 0.05) is 6.04 Å². The van der Waals surface area contributed by atoms with E-state index in [-0.39, 0.29) is 0 Å². The Morgan fingerprint density at radius 1 is 1.55 bits per heavy atom. The van der Waals surface area contributed by atoms with Crippen LogP contribution in [0.4, 0.5) is 0 Å². The second-order valence-corrected chi connectivity index (χ2v) is 3.86. The topological polar surface area (TPSA) is 32.3 Å². The number of nitrogens with one attached hydrogen (secondary N) is 1. The molecule has 0 radical (unpaired) electrons. The molecule has 1 aliphatic heterocycles. The number of piperidine rings is 1. The van der Waals surface area contributed by atoms with E-state index in [9.17, 15) is 0 Å². The Kier molecular flexibility index (Phi) is 3.34. The van der Waals surface area contributed by atoms with Crippen molar-refractivity contribution in [3.05, 3.63) is 0 Å². The zero-order valence-corrected chi connectivity index (χ0v) is 7.51. The highest BCUT2D eigenvalue weighted by Gasteiger charge is 2.22. The van der Waals surface area contributed by atoms with Crippen molar-refractivity contribution < 1.29 is 5.11 Å². The average molecular weight is 157 g/mol. The van der Waals surface area contributed by atoms with Gasteiger partial charge < -0.3 is 10.4 Å². The molecule has 1 heterocycles. The van der Waals surface area contributed by atoms with E-state index >= 15 is 0 Å². The first-order valence-electron chi connectivity index (χ1n) is 4.58. The summed E-state index contributed by atoms with van der Waals surface area (Å²) in [6.45, 7) is 5.91. The van der Waals surface area contributed by atoms with Crippen LogP contribution in [-0.2, 0) is 0 Å². The van der Waals surface area contributed by atoms with E-state index in [0.717, 1.165) is 24.8 Å². The molecule has 0 aromatic carbocycles. The Hall–Kier alpha value is -0.0800. The van der Waals surface area contributed by atoms with Crippen molar-refractivity contribution in [2.24, 2.45) is 11.8 Å². The fraction of sp³-hybridized carbons (Fsp3) is 1.00. The zero-order chi connectivity index (χ0) is 8.27. The summed E-state index contributed by atoms with van der Waals surface area (Å²) in [6, 6.07) is 0.358. The van der Waals surface area contributed by atoms with Crippen molar-refractivity contribution in [2.45, 2.75) is 32.7 Å². The summed E-state index contributed by atoms with van der Waals surface area (Å²) in [4.78, 5) is 0. The highest BCUT2D eigenvalue weighted by Crippen LogP contribution is 2.23. The number of rotatable bonds is 2. The summed E-state index contributed by atoms with van der Waals surface area (Å²) < 4.78 is 0. The van der Waals surface area contributed by atoms with Gasteiger partial charge in [-0.15, -0.1) is 0 Å². The van der Waals surface area contributed by atoms with Crippen molar-refractivity contribution in [1.82, 2.24) is 5.32 Å². The van der Waals surface area contributed by atoms with Crippen LogP contribution < -0.4 is 5.32 Å². The molecule has 0 bridgehead atoms. The lowest BCUT2D eigenvalue weighted by Crippen LogP contribution is -2.41. The monoisotopic (exact) mass is 157 g/mol. The van der Waals surface area contributed by atoms with E-state index < -0.39 is 0 Å². The largest absolute Gasteiger partial charge is 0.395 e. The van der Waals surface area contributed by atoms with Crippen LogP contribution in [0.1, 0.15) is 26.7 Å². The summed E-state index contributed by atoms with van der Waals surface area (Å²) in [7, 11) is 0. The molecule has 1 aliphatic rings. The van der Waals surface area contributed by atoms with E-state index in [4.69, 9.17) is 5.11 Å². The maximum Gasteiger partial charge on any atom is 0.0584 e. The Morgan fingerprint density at radius 3 is 2.82 bits per heavy atom. The number of aliphatic hydroxyl groups excluding tert-OH is 1. The van der Waals surface area contributed by atoms with Crippen molar-refractivity contribution >= 4 is 0 Å². The molecule has 0 aliphatic carbocycles. The molecule has 2 atom stereocenters. The second kappa shape index (κ2) is 4.07. The van der Waals surface area contributed by atoms with Gasteiger partial charge in [0.05, 0.1) is 6.61 Å². The Bertz CT molecular complexity index is 114. The van der Waals surface area contributed by atoms with Crippen molar-refractivity contribution in [2.75, 3.05) is 13.2 Å². The Labute approximate surface area is 69.0 Å². The first-order chi connectivity index (χ1) is 5.24. The van der Waals surface area contributed by atoms with Crippen molar-refractivity contribution in [3.8, 4) is 0 Å². The summed E-state index contributed by atoms with van der Waals surface area (Å²) >= 11 is 0. The van der Waals surface area contributed by atoms with E-state index in [0.29, 0.717) is 12.6 Å². The number of hydrogen-bond donors (Lipinski definition) is 2. The lowest BCUT2D eigenvalue weighted by Gasteiger charge is -2.31. The smallest absolute Gasteiger partial charge is 0.0584 e. The molecule has 11 heavy (non-hydrogen) atoms. The predicted octanol–water partition coefficient (Wildman–Crippen LogP) is 1.00. The van der Waals surface area contributed by atoms with Crippen LogP contribution in [0.25, 0.3) is 0 Å². The molecule has 66 valence electrons. The van der Waals surface area contributed by atoms with Crippen LogP contribution in [-0.4, -0.2) is 24.3 Å². The number of aliphatic hydroxyl groups is 1. The number of hydrogen-bond acceptors (Lipinski definition) is 2. The van der Waals surface area contributed by atoms with Crippen LogP contribution >= 0.6 is 0 Å². The molecule has 2 nitrogen and oxygen atoms in total. The van der Waals surface area contributed by atoms with Crippen LogP contribution in [0, 0.1) is 11.8 Å². The fourth-order valence-corrected chi connectivity index (χ4v) is 1.78. The minimum atomic E-state index is 0.295. The maximum absolute atomic E-state index is 8.93. The third-order valence-electron chi connectivity index (χ3n) is 2.70. The third-order valence-corrected chi connectivity index (χ3v) is 2.70. The van der Waals surface area contributed by atoms with Crippen LogP contribution in [0.3, 0.4) is 0 Å². The molecule has 0 amide bonds. The molecule has 1 fully saturated rings. The molecule has 0 spiro atoms. The molecule has 0 aromatic rings. The molecule has 1 rings (SSSR count). The van der Waals surface area contributed by atoms with Crippen LogP contribution in [0.2, 0.25) is 0 Å². The molecular weight excluding hydrogens is 138 g/mol. The van der Waals surface area contributed by atoms with Gasteiger partial charge in [0.2, 0.25) is 0 Å². The first kappa shape index (κ1) is 9.01. The summed E-state index contributed by atoms with van der Waals surface area (Å²) in [5.41, 5.74) is 0. The highest BCUT2D eigenvalue weighted by molar-refractivity contribution is 4.78. The van der Waals surface area contributed by atoms with Gasteiger partial charge in [0.15, 0.2) is 0 Å². The second-order valence-electron chi connectivity index (χ2n) is 3.86. The standard InChI is InChI=1S/C9H19NO/c1-7(2)8-3-4-10-9(5-8)6-11/h7-11H,3-6H2,1-2H3/t8-,9-/m0/s1. The summed E-state index contributed by atoms with van der Waals surface area (Å²) in [5.74, 6) is 1.58. The third kappa shape index (κ3) is 2.46. The van der Waals surface area contributed by atoms with Gasteiger partial charge in [-0.1, -0.05) is 13.8 Å². The molecule has 2 heteroatoms. The Balaban J connectivity index is 2.33. The van der Waals surface area contributed by atoms with E-state index in [1.54, 1.807) is 0 Å². The van der Waals surface area contributed by atoms with Gasteiger partial charge in [0.25, 0.3) is 0 Å². The normalized spacial score (nSPS) is 32.7. The molecule has 0 saturated carbocycles. The maximum atomic E-state index is 8.93. The highest BCUT2D eigenvalue weighted by atomic mass is 16.3. The van der Waals surface area contributed by atoms with Gasteiger partial charge in [-0.25, -0.2) is 0 Å². The lowest BCUT2D eigenvalue weighted by molar-refractivity contribution is 0.171.